The summed E-state index contributed by atoms with van der Waals surface area (Å²) in [6.07, 6.45) is 17.7. The van der Waals surface area contributed by atoms with Gasteiger partial charge >= 0.3 is 6.16 Å². The third-order valence-corrected chi connectivity index (χ3v) is 11.3. The molecular formula is C28H40O3. The van der Waals surface area contributed by atoms with E-state index in [0.29, 0.717) is 11.3 Å². The van der Waals surface area contributed by atoms with Gasteiger partial charge in [-0.05, 0) is 124 Å². The van der Waals surface area contributed by atoms with Gasteiger partial charge in [0.2, 0.25) is 0 Å². The molecule has 3 nitrogen and oxygen atoms in total. The maximum Gasteiger partial charge on any atom is 0.509 e. The minimum absolute atomic E-state index is 0.108. The van der Waals surface area contributed by atoms with Crippen molar-refractivity contribution in [2.24, 2.45) is 64.6 Å². The van der Waals surface area contributed by atoms with Gasteiger partial charge in [0.25, 0.3) is 0 Å². The van der Waals surface area contributed by atoms with Crippen LogP contribution >= 0.6 is 0 Å². The summed E-state index contributed by atoms with van der Waals surface area (Å²) in [7, 11) is 0. The van der Waals surface area contributed by atoms with Crippen LogP contribution in [0.3, 0.4) is 0 Å². The molecule has 7 aliphatic carbocycles. The van der Waals surface area contributed by atoms with E-state index < -0.39 is 11.8 Å². The number of ether oxygens (including phenoxy) is 2. The van der Waals surface area contributed by atoms with Crippen LogP contribution in [0.1, 0.15) is 78.6 Å². The van der Waals surface area contributed by atoms with Gasteiger partial charge in [-0.3, -0.25) is 0 Å². The van der Waals surface area contributed by atoms with Crippen LogP contribution in [0.5, 0.6) is 0 Å². The molecule has 6 fully saturated rings. The highest BCUT2D eigenvalue weighted by Crippen LogP contribution is 2.82. The molecule has 3 heteroatoms. The summed E-state index contributed by atoms with van der Waals surface area (Å²) in [5.74, 6) is 8.69. The zero-order chi connectivity index (χ0) is 21.1. The van der Waals surface area contributed by atoms with Crippen LogP contribution in [0, 0.1) is 64.6 Å². The molecule has 0 aromatic heterocycles. The molecule has 0 radical (unpaired) electrons. The summed E-state index contributed by atoms with van der Waals surface area (Å²) in [5.41, 5.74) is 0.151. The van der Waals surface area contributed by atoms with Gasteiger partial charge < -0.3 is 9.47 Å². The quantitative estimate of drug-likeness (QED) is 0.284. The zero-order valence-corrected chi connectivity index (χ0v) is 19.6. The minimum Gasteiger partial charge on any atom is -0.431 e. The Morgan fingerprint density at radius 2 is 1.68 bits per heavy atom. The van der Waals surface area contributed by atoms with E-state index >= 15 is 0 Å². The van der Waals surface area contributed by atoms with Gasteiger partial charge in [0.05, 0.1) is 0 Å². The maximum atomic E-state index is 12.5. The largest absolute Gasteiger partial charge is 0.509 e. The lowest BCUT2D eigenvalue weighted by molar-refractivity contribution is -0.0978. The lowest BCUT2D eigenvalue weighted by Gasteiger charge is -2.55. The van der Waals surface area contributed by atoms with Gasteiger partial charge in [-0.2, -0.15) is 0 Å². The number of carbonyl (C=O) groups is 1. The molecule has 0 amide bonds. The molecule has 31 heavy (non-hydrogen) atoms. The average Bonchev–Trinajstić information content (AvgIpc) is 3.52. The van der Waals surface area contributed by atoms with Crippen molar-refractivity contribution in [1.82, 2.24) is 0 Å². The molecule has 11 atom stereocenters. The summed E-state index contributed by atoms with van der Waals surface area (Å²) in [6.45, 7) is 5.78. The fraction of sp³-hybridized carbons (Fsp3) is 0.893. The van der Waals surface area contributed by atoms with E-state index in [0.717, 1.165) is 59.7 Å². The molecule has 0 spiro atoms. The van der Waals surface area contributed by atoms with Crippen molar-refractivity contribution in [2.75, 3.05) is 0 Å². The highest BCUT2D eigenvalue weighted by molar-refractivity contribution is 5.61. The Bertz CT molecular complexity index is 804. The Kier molecular flexibility index (Phi) is 3.97. The topological polar surface area (TPSA) is 35.5 Å². The molecule has 11 unspecified atom stereocenters. The fourth-order valence-corrected chi connectivity index (χ4v) is 11.2. The van der Waals surface area contributed by atoms with Crippen molar-refractivity contribution < 1.29 is 14.3 Å². The molecular weight excluding hydrogens is 384 g/mol. The smallest absolute Gasteiger partial charge is 0.431 e. The molecule has 7 rings (SSSR count). The third kappa shape index (κ3) is 2.50. The Balaban J connectivity index is 1.20. The molecule has 6 bridgehead atoms. The zero-order valence-electron chi connectivity index (χ0n) is 19.6. The molecule has 0 aromatic carbocycles. The van der Waals surface area contributed by atoms with Crippen LogP contribution in [-0.4, -0.2) is 17.9 Å². The van der Waals surface area contributed by atoms with Crippen molar-refractivity contribution in [3.05, 3.63) is 12.2 Å². The molecule has 0 aromatic rings. The first-order valence-corrected chi connectivity index (χ1v) is 13.4. The first kappa shape index (κ1) is 19.5. The van der Waals surface area contributed by atoms with Crippen LogP contribution in [-0.2, 0) is 9.47 Å². The predicted octanol–water partition coefficient (Wildman–Crippen LogP) is 6.62. The second-order valence-electron chi connectivity index (χ2n) is 13.5. The van der Waals surface area contributed by atoms with Gasteiger partial charge in [-0.15, -0.1) is 0 Å². The van der Waals surface area contributed by atoms with E-state index in [-0.39, 0.29) is 6.10 Å². The van der Waals surface area contributed by atoms with Crippen LogP contribution in [0.15, 0.2) is 12.2 Å². The van der Waals surface area contributed by atoms with Crippen LogP contribution in [0.25, 0.3) is 0 Å². The Labute approximate surface area is 187 Å². The monoisotopic (exact) mass is 424 g/mol. The fourth-order valence-electron chi connectivity index (χ4n) is 11.2. The SMILES string of the molecule is CC(C)(C)OC(=O)OC1CC2CC1C1C3CC(C4CCCCC4)(C4C5C=CC(C5)C34)C21. The molecule has 7 aliphatic rings. The van der Waals surface area contributed by atoms with Crippen molar-refractivity contribution in [3.8, 4) is 0 Å². The third-order valence-electron chi connectivity index (χ3n) is 11.3. The summed E-state index contributed by atoms with van der Waals surface area (Å²) in [4.78, 5) is 12.5. The number of hydrogen-bond acceptors (Lipinski definition) is 3. The molecule has 0 N–H and O–H groups in total. The number of fused-ring (bicyclic) bond motifs is 16. The van der Waals surface area contributed by atoms with E-state index in [9.17, 15) is 4.79 Å². The van der Waals surface area contributed by atoms with Crippen molar-refractivity contribution >= 4 is 6.16 Å². The lowest BCUT2D eigenvalue weighted by Crippen LogP contribution is -2.52. The maximum absolute atomic E-state index is 12.5. The Morgan fingerprint density at radius 3 is 2.45 bits per heavy atom. The first-order chi connectivity index (χ1) is 14.9. The van der Waals surface area contributed by atoms with Gasteiger partial charge in [-0.1, -0.05) is 31.4 Å². The summed E-state index contributed by atoms with van der Waals surface area (Å²) in [5, 5.41) is 0. The van der Waals surface area contributed by atoms with E-state index in [1.54, 1.807) is 0 Å². The van der Waals surface area contributed by atoms with E-state index in [4.69, 9.17) is 9.47 Å². The van der Waals surface area contributed by atoms with Crippen LogP contribution in [0.2, 0.25) is 0 Å². The van der Waals surface area contributed by atoms with Gasteiger partial charge in [0, 0.05) is 0 Å². The summed E-state index contributed by atoms with van der Waals surface area (Å²) < 4.78 is 11.5. The second kappa shape index (κ2) is 6.32. The van der Waals surface area contributed by atoms with Gasteiger partial charge in [0.15, 0.2) is 0 Å². The van der Waals surface area contributed by atoms with Crippen molar-refractivity contribution in [1.29, 1.82) is 0 Å². The molecule has 170 valence electrons. The number of carbonyl (C=O) groups excluding carboxylic acids is 1. The average molecular weight is 425 g/mol. The normalized spacial score (nSPS) is 53.8. The standard InChI is InChI=1S/C28H40O3/c1-27(2,3)31-26(29)30-21-13-17-12-19(21)23-20-14-28(25(17)23,18-7-5-4-6-8-18)24-16-10-9-15(11-16)22(20)24/h9-10,15-25H,4-8,11-14H2,1-3H3. The van der Waals surface area contributed by atoms with E-state index in [1.807, 2.05) is 20.8 Å². The number of rotatable bonds is 2. The van der Waals surface area contributed by atoms with Crippen molar-refractivity contribution in [2.45, 2.75) is 90.3 Å². The van der Waals surface area contributed by atoms with Gasteiger partial charge in [-0.25, -0.2) is 4.79 Å². The van der Waals surface area contributed by atoms with Crippen molar-refractivity contribution in [3.63, 3.8) is 0 Å². The van der Waals surface area contributed by atoms with Crippen LogP contribution in [0.4, 0.5) is 4.79 Å². The lowest BCUT2D eigenvalue weighted by atomic mass is 9.49. The molecule has 0 aliphatic heterocycles. The summed E-state index contributed by atoms with van der Waals surface area (Å²) in [6, 6.07) is 0. The summed E-state index contributed by atoms with van der Waals surface area (Å²) >= 11 is 0. The van der Waals surface area contributed by atoms with Crippen LogP contribution < -0.4 is 0 Å². The number of allylic oxidation sites excluding steroid dienone is 2. The number of hydrogen-bond donors (Lipinski definition) is 0. The highest BCUT2D eigenvalue weighted by Gasteiger charge is 2.78. The molecule has 6 saturated carbocycles. The Hall–Kier alpha value is -0.990. The van der Waals surface area contributed by atoms with E-state index in [1.165, 1.54) is 51.4 Å². The van der Waals surface area contributed by atoms with Gasteiger partial charge in [0.1, 0.15) is 11.7 Å². The highest BCUT2D eigenvalue weighted by atomic mass is 16.7. The molecule has 0 heterocycles. The minimum atomic E-state index is -0.475. The molecule has 0 saturated heterocycles. The Morgan fingerprint density at radius 1 is 0.903 bits per heavy atom. The first-order valence-electron chi connectivity index (χ1n) is 13.4. The second-order valence-corrected chi connectivity index (χ2v) is 13.5. The van der Waals surface area contributed by atoms with E-state index in [2.05, 4.69) is 12.2 Å². The predicted molar refractivity (Wildman–Crippen MR) is 119 cm³/mol.